The lowest BCUT2D eigenvalue weighted by molar-refractivity contribution is 0.306. The van der Waals surface area contributed by atoms with Gasteiger partial charge in [0.25, 0.3) is 0 Å². The zero-order valence-corrected chi connectivity index (χ0v) is 14.3. The summed E-state index contributed by atoms with van der Waals surface area (Å²) in [6.07, 6.45) is 0.917. The Labute approximate surface area is 149 Å². The van der Waals surface area contributed by atoms with Crippen molar-refractivity contribution in [1.29, 1.82) is 0 Å². The van der Waals surface area contributed by atoms with E-state index in [1.54, 1.807) is 0 Å². The Kier molecular flexibility index (Phi) is 6.86. The smallest absolute Gasteiger partial charge is 0.120 e. The first kappa shape index (κ1) is 18.1. The van der Waals surface area contributed by atoms with Gasteiger partial charge in [-0.2, -0.15) is 0 Å². The van der Waals surface area contributed by atoms with E-state index in [0.717, 1.165) is 17.7 Å². The Hall–Kier alpha value is -2.29. The van der Waals surface area contributed by atoms with E-state index >= 15 is 0 Å². The molecule has 3 heteroatoms. The van der Waals surface area contributed by atoms with Crippen molar-refractivity contribution < 1.29 is 4.74 Å². The fourth-order valence-electron chi connectivity index (χ4n) is 2.54. The standard InChI is InChI=1S/C21H21NO.ClH/c22-14-13-17-9-11-19(12-10-17)20-7-4-8-21(15-20)23-16-18-5-2-1-3-6-18;/h1-12,15H,13-14,16,22H2;1H. The Morgan fingerprint density at radius 1 is 0.708 bits per heavy atom. The van der Waals surface area contributed by atoms with Crippen molar-refractivity contribution in [2.75, 3.05) is 6.54 Å². The van der Waals surface area contributed by atoms with Crippen molar-refractivity contribution in [1.82, 2.24) is 0 Å². The van der Waals surface area contributed by atoms with Crippen LogP contribution >= 0.6 is 12.4 Å². The van der Waals surface area contributed by atoms with Gasteiger partial charge in [-0.05, 0) is 47.4 Å². The molecule has 124 valence electrons. The van der Waals surface area contributed by atoms with E-state index < -0.39 is 0 Å². The molecule has 24 heavy (non-hydrogen) atoms. The van der Waals surface area contributed by atoms with E-state index in [1.807, 2.05) is 30.3 Å². The van der Waals surface area contributed by atoms with Crippen molar-refractivity contribution >= 4 is 12.4 Å². The third kappa shape index (κ3) is 4.85. The lowest BCUT2D eigenvalue weighted by atomic mass is 10.0. The molecule has 0 aliphatic carbocycles. The first-order chi connectivity index (χ1) is 11.3. The average Bonchev–Trinajstić information content (AvgIpc) is 2.62. The minimum absolute atomic E-state index is 0. The number of nitrogens with two attached hydrogens (primary N) is 1. The number of benzene rings is 3. The molecule has 0 atom stereocenters. The zero-order chi connectivity index (χ0) is 15.9. The summed E-state index contributed by atoms with van der Waals surface area (Å²) in [5, 5.41) is 0. The lowest BCUT2D eigenvalue weighted by Gasteiger charge is -2.09. The fourth-order valence-corrected chi connectivity index (χ4v) is 2.54. The van der Waals surface area contributed by atoms with Gasteiger partial charge in [0.2, 0.25) is 0 Å². The maximum Gasteiger partial charge on any atom is 0.120 e. The summed E-state index contributed by atoms with van der Waals surface area (Å²) in [5.41, 5.74) is 10.4. The second-order valence-corrected chi connectivity index (χ2v) is 5.54. The molecule has 0 bridgehead atoms. The van der Waals surface area contributed by atoms with Crippen LogP contribution in [0.4, 0.5) is 0 Å². The van der Waals surface area contributed by atoms with Gasteiger partial charge in [0.15, 0.2) is 0 Å². The Bertz CT molecular complexity index is 741. The van der Waals surface area contributed by atoms with Gasteiger partial charge >= 0.3 is 0 Å². The van der Waals surface area contributed by atoms with Crippen LogP contribution in [0.5, 0.6) is 5.75 Å². The molecule has 0 fully saturated rings. The van der Waals surface area contributed by atoms with E-state index in [0.29, 0.717) is 13.2 Å². The number of ether oxygens (including phenoxy) is 1. The third-order valence-corrected chi connectivity index (χ3v) is 3.80. The van der Waals surface area contributed by atoms with E-state index in [1.165, 1.54) is 16.7 Å². The quantitative estimate of drug-likeness (QED) is 0.696. The normalized spacial score (nSPS) is 10.0. The Balaban J connectivity index is 0.00000208. The molecule has 0 aliphatic rings. The van der Waals surface area contributed by atoms with Crippen molar-refractivity contribution in [3.05, 3.63) is 90.0 Å². The molecule has 0 aliphatic heterocycles. The van der Waals surface area contributed by atoms with Crippen molar-refractivity contribution in [3.8, 4) is 16.9 Å². The first-order valence-corrected chi connectivity index (χ1v) is 7.91. The largest absolute Gasteiger partial charge is 0.489 e. The second kappa shape index (κ2) is 9.11. The molecule has 3 rings (SSSR count). The summed E-state index contributed by atoms with van der Waals surface area (Å²) in [6.45, 7) is 1.27. The third-order valence-electron chi connectivity index (χ3n) is 3.80. The van der Waals surface area contributed by atoms with Crippen LogP contribution in [0.2, 0.25) is 0 Å². The summed E-state index contributed by atoms with van der Waals surface area (Å²) in [6, 6.07) is 27.0. The van der Waals surface area contributed by atoms with Crippen LogP contribution in [-0.4, -0.2) is 6.54 Å². The average molecular weight is 340 g/mol. The molecule has 0 radical (unpaired) electrons. The molecule has 0 saturated carbocycles. The lowest BCUT2D eigenvalue weighted by Crippen LogP contribution is -2.02. The summed E-state index contributed by atoms with van der Waals surface area (Å²) < 4.78 is 5.90. The van der Waals surface area contributed by atoms with Gasteiger partial charge in [0, 0.05) is 0 Å². The fraction of sp³-hybridized carbons (Fsp3) is 0.143. The highest BCUT2D eigenvalue weighted by atomic mass is 35.5. The van der Waals surface area contributed by atoms with Crippen LogP contribution in [0.25, 0.3) is 11.1 Å². The Morgan fingerprint density at radius 2 is 1.46 bits per heavy atom. The SMILES string of the molecule is Cl.NCCc1ccc(-c2cccc(OCc3ccccc3)c2)cc1. The van der Waals surface area contributed by atoms with Crippen LogP contribution < -0.4 is 10.5 Å². The zero-order valence-electron chi connectivity index (χ0n) is 13.5. The highest BCUT2D eigenvalue weighted by Crippen LogP contribution is 2.24. The van der Waals surface area contributed by atoms with E-state index in [9.17, 15) is 0 Å². The van der Waals surface area contributed by atoms with Crippen LogP contribution in [0.1, 0.15) is 11.1 Å². The molecule has 0 unspecified atom stereocenters. The van der Waals surface area contributed by atoms with Gasteiger partial charge in [0.05, 0.1) is 0 Å². The van der Waals surface area contributed by atoms with Gasteiger partial charge in [-0.3, -0.25) is 0 Å². The van der Waals surface area contributed by atoms with Crippen molar-refractivity contribution in [2.24, 2.45) is 5.73 Å². The topological polar surface area (TPSA) is 35.2 Å². The highest BCUT2D eigenvalue weighted by molar-refractivity contribution is 5.85. The minimum atomic E-state index is 0. The molecule has 3 aromatic carbocycles. The summed E-state index contributed by atoms with van der Waals surface area (Å²) in [7, 11) is 0. The van der Waals surface area contributed by atoms with E-state index in [4.69, 9.17) is 10.5 Å². The second-order valence-electron chi connectivity index (χ2n) is 5.54. The van der Waals surface area contributed by atoms with Gasteiger partial charge in [0.1, 0.15) is 12.4 Å². The maximum atomic E-state index is 5.90. The predicted molar refractivity (Wildman–Crippen MR) is 103 cm³/mol. The predicted octanol–water partition coefficient (Wildman–Crippen LogP) is 4.86. The molecule has 0 heterocycles. The molecular weight excluding hydrogens is 318 g/mol. The molecule has 2 N–H and O–H groups in total. The molecule has 0 saturated heterocycles. The maximum absolute atomic E-state index is 5.90. The van der Waals surface area contributed by atoms with Crippen LogP contribution in [0.3, 0.4) is 0 Å². The molecule has 0 aromatic heterocycles. The van der Waals surface area contributed by atoms with Gasteiger partial charge in [-0.15, -0.1) is 12.4 Å². The highest BCUT2D eigenvalue weighted by Gasteiger charge is 2.01. The Morgan fingerprint density at radius 3 is 2.17 bits per heavy atom. The van der Waals surface area contributed by atoms with Gasteiger partial charge in [-0.1, -0.05) is 66.7 Å². The van der Waals surface area contributed by atoms with Crippen LogP contribution in [0, 0.1) is 0 Å². The number of hydrogen-bond donors (Lipinski definition) is 1. The van der Waals surface area contributed by atoms with E-state index in [-0.39, 0.29) is 12.4 Å². The first-order valence-electron chi connectivity index (χ1n) is 7.91. The monoisotopic (exact) mass is 339 g/mol. The number of hydrogen-bond acceptors (Lipinski definition) is 2. The summed E-state index contributed by atoms with van der Waals surface area (Å²) in [4.78, 5) is 0. The van der Waals surface area contributed by atoms with E-state index in [2.05, 4.69) is 48.5 Å². The molecule has 0 spiro atoms. The molecular formula is C21H22ClNO. The minimum Gasteiger partial charge on any atom is -0.489 e. The van der Waals surface area contributed by atoms with Crippen molar-refractivity contribution in [3.63, 3.8) is 0 Å². The van der Waals surface area contributed by atoms with Crippen LogP contribution in [-0.2, 0) is 13.0 Å². The summed E-state index contributed by atoms with van der Waals surface area (Å²) >= 11 is 0. The summed E-state index contributed by atoms with van der Waals surface area (Å²) in [5.74, 6) is 0.886. The molecule has 0 amide bonds. The van der Waals surface area contributed by atoms with Crippen molar-refractivity contribution in [2.45, 2.75) is 13.0 Å². The van der Waals surface area contributed by atoms with Crippen LogP contribution in [0.15, 0.2) is 78.9 Å². The number of rotatable bonds is 6. The van der Waals surface area contributed by atoms with Gasteiger partial charge in [-0.25, -0.2) is 0 Å². The van der Waals surface area contributed by atoms with Gasteiger partial charge < -0.3 is 10.5 Å². The number of halogens is 1. The molecule has 3 aromatic rings. The molecule has 2 nitrogen and oxygen atoms in total.